The van der Waals surface area contributed by atoms with E-state index in [9.17, 15) is 9.18 Å². The highest BCUT2D eigenvalue weighted by Crippen LogP contribution is 2.52. The molecule has 3 fully saturated rings. The summed E-state index contributed by atoms with van der Waals surface area (Å²) >= 11 is 0. The number of hydrogen-bond donors (Lipinski definition) is 3. The van der Waals surface area contributed by atoms with Gasteiger partial charge in [0.15, 0.2) is 11.5 Å². The van der Waals surface area contributed by atoms with Gasteiger partial charge in [-0.3, -0.25) is 4.68 Å². The van der Waals surface area contributed by atoms with Gasteiger partial charge in [-0.2, -0.15) is 5.10 Å². The van der Waals surface area contributed by atoms with Crippen molar-refractivity contribution >= 4 is 28.7 Å². The van der Waals surface area contributed by atoms with Gasteiger partial charge in [0, 0.05) is 61.2 Å². The summed E-state index contributed by atoms with van der Waals surface area (Å²) in [6, 6.07) is 6.21. The molecule has 1 amide bonds. The number of aromatic nitrogens is 4. The molecule has 0 atom stereocenters. The van der Waals surface area contributed by atoms with Gasteiger partial charge in [-0.1, -0.05) is 0 Å². The maximum absolute atomic E-state index is 13.6. The molecule has 234 valence electrons. The Bertz CT molecular complexity index is 1600. The molecule has 2 aromatic heterocycles. The van der Waals surface area contributed by atoms with Crippen LogP contribution in [0.4, 0.5) is 15.0 Å². The lowest BCUT2D eigenvalue weighted by Gasteiger charge is -2.54. The smallest absolute Gasteiger partial charge is 0.408 e. The number of nitrogens with one attached hydrogen (secondary N) is 3. The van der Waals surface area contributed by atoms with Gasteiger partial charge in [-0.15, -0.1) is 0 Å². The average Bonchev–Trinajstić information content (AvgIpc) is 3.36. The molecule has 3 aromatic rings. The molecule has 0 unspecified atom stereocenters. The normalized spacial score (nSPS) is 23.6. The third kappa shape index (κ3) is 6.01. The molecule has 7 rings (SSSR count). The number of halogens is 1. The van der Waals surface area contributed by atoms with E-state index in [1.165, 1.54) is 12.1 Å². The quantitative estimate of drug-likeness (QED) is 0.289. The second kappa shape index (κ2) is 11.2. The van der Waals surface area contributed by atoms with E-state index in [0.717, 1.165) is 86.1 Å². The molecule has 1 aliphatic heterocycles. The third-order valence-electron chi connectivity index (χ3n) is 9.62. The average molecular weight is 603 g/mol. The van der Waals surface area contributed by atoms with Gasteiger partial charge in [-0.05, 0) is 95.9 Å². The van der Waals surface area contributed by atoms with Crippen LogP contribution >= 0.6 is 0 Å². The van der Waals surface area contributed by atoms with Gasteiger partial charge in [0.05, 0.1) is 11.6 Å². The molecule has 0 radical (unpaired) electrons. The Labute approximate surface area is 258 Å². The van der Waals surface area contributed by atoms with E-state index in [1.807, 2.05) is 34.7 Å². The van der Waals surface area contributed by atoms with Crippen LogP contribution < -0.4 is 15.5 Å². The second-order valence-electron chi connectivity index (χ2n) is 13.9. The SMILES string of the molecule is CC(=N)C1=C(NCC23CCC(NC(=O)OC(C)(C)C)(CC2)CC3)CCN(c2nc(-c3ccc(F)cc3)nc3c2cnn3C)C1. The number of carbonyl (C=O) groups excluding carboxylic acids is 1. The van der Waals surface area contributed by atoms with Crippen molar-refractivity contribution in [1.29, 1.82) is 5.41 Å². The van der Waals surface area contributed by atoms with E-state index >= 15 is 0 Å². The van der Waals surface area contributed by atoms with Crippen LogP contribution in [0, 0.1) is 16.6 Å². The van der Waals surface area contributed by atoms with E-state index in [2.05, 4.69) is 20.6 Å². The molecular weight excluding hydrogens is 559 g/mol. The minimum absolute atomic E-state index is 0.159. The van der Waals surface area contributed by atoms with Crippen molar-refractivity contribution in [3.05, 3.63) is 47.5 Å². The molecule has 0 spiro atoms. The van der Waals surface area contributed by atoms with Crippen molar-refractivity contribution < 1.29 is 13.9 Å². The van der Waals surface area contributed by atoms with Crippen molar-refractivity contribution in [2.75, 3.05) is 24.5 Å². The molecular formula is C33H43FN8O2. The first-order chi connectivity index (χ1) is 20.8. The molecule has 4 aliphatic rings. The summed E-state index contributed by atoms with van der Waals surface area (Å²) in [7, 11) is 1.85. The largest absolute Gasteiger partial charge is 0.444 e. The highest BCUT2D eigenvalue weighted by atomic mass is 19.1. The van der Waals surface area contributed by atoms with Crippen LogP contribution in [0.25, 0.3) is 22.4 Å². The maximum atomic E-state index is 13.6. The zero-order valence-corrected chi connectivity index (χ0v) is 26.4. The van der Waals surface area contributed by atoms with Gasteiger partial charge < -0.3 is 25.7 Å². The van der Waals surface area contributed by atoms with E-state index in [-0.39, 0.29) is 22.9 Å². The number of anilines is 1. The molecule has 44 heavy (non-hydrogen) atoms. The summed E-state index contributed by atoms with van der Waals surface area (Å²) in [6.07, 6.45) is 8.29. The fourth-order valence-corrected chi connectivity index (χ4v) is 6.99. The highest BCUT2D eigenvalue weighted by Gasteiger charge is 2.49. The number of nitrogens with zero attached hydrogens (tertiary/aromatic N) is 5. The lowest BCUT2D eigenvalue weighted by molar-refractivity contribution is 0.00558. The molecule has 11 heteroatoms. The first kappa shape index (κ1) is 30.0. The zero-order valence-electron chi connectivity index (χ0n) is 26.4. The zero-order chi connectivity index (χ0) is 31.3. The van der Waals surface area contributed by atoms with E-state index < -0.39 is 5.60 Å². The van der Waals surface area contributed by atoms with Gasteiger partial charge in [-0.25, -0.2) is 19.2 Å². The molecule has 1 aromatic carbocycles. The summed E-state index contributed by atoms with van der Waals surface area (Å²) in [4.78, 5) is 24.4. The Morgan fingerprint density at radius 3 is 2.41 bits per heavy atom. The van der Waals surface area contributed by atoms with Crippen LogP contribution in [0.15, 0.2) is 41.7 Å². The van der Waals surface area contributed by atoms with Crippen LogP contribution in [-0.2, 0) is 11.8 Å². The Morgan fingerprint density at radius 2 is 1.77 bits per heavy atom. The minimum Gasteiger partial charge on any atom is -0.444 e. The Balaban J connectivity index is 1.17. The Morgan fingerprint density at radius 1 is 1.09 bits per heavy atom. The number of rotatable bonds is 7. The first-order valence-electron chi connectivity index (χ1n) is 15.6. The van der Waals surface area contributed by atoms with Crippen LogP contribution in [0.2, 0.25) is 0 Å². The molecule has 3 aliphatic carbocycles. The molecule has 3 heterocycles. The Hall–Kier alpha value is -4.02. The maximum Gasteiger partial charge on any atom is 0.408 e. The first-order valence-corrected chi connectivity index (χ1v) is 15.6. The number of benzene rings is 1. The summed E-state index contributed by atoms with van der Waals surface area (Å²) in [6.45, 7) is 9.69. The van der Waals surface area contributed by atoms with E-state index in [1.54, 1.807) is 23.0 Å². The summed E-state index contributed by atoms with van der Waals surface area (Å²) in [5.74, 6) is 0.982. The summed E-state index contributed by atoms with van der Waals surface area (Å²) in [5, 5.41) is 20.9. The molecule has 3 saturated carbocycles. The van der Waals surface area contributed by atoms with Gasteiger partial charge >= 0.3 is 6.09 Å². The number of fused-ring (bicyclic) bond motifs is 4. The fourth-order valence-electron chi connectivity index (χ4n) is 6.99. The lowest BCUT2D eigenvalue weighted by Crippen LogP contribution is -2.58. The molecule has 3 N–H and O–H groups in total. The second-order valence-corrected chi connectivity index (χ2v) is 13.9. The van der Waals surface area contributed by atoms with Crippen molar-refractivity contribution in [3.8, 4) is 11.4 Å². The van der Waals surface area contributed by atoms with Crippen molar-refractivity contribution in [2.24, 2.45) is 12.5 Å². The monoisotopic (exact) mass is 602 g/mol. The number of hydrogen-bond acceptors (Lipinski definition) is 8. The van der Waals surface area contributed by atoms with E-state index in [0.29, 0.717) is 23.7 Å². The summed E-state index contributed by atoms with van der Waals surface area (Å²) < 4.78 is 20.9. The van der Waals surface area contributed by atoms with Crippen molar-refractivity contribution in [1.82, 2.24) is 30.4 Å². The summed E-state index contributed by atoms with van der Waals surface area (Å²) in [5.41, 5.74) is 3.63. The predicted molar refractivity (Wildman–Crippen MR) is 169 cm³/mol. The molecule has 2 bridgehead atoms. The van der Waals surface area contributed by atoms with Gasteiger partial charge in [0.1, 0.15) is 17.2 Å². The number of aryl methyl sites for hydroxylation is 1. The van der Waals surface area contributed by atoms with Crippen LogP contribution in [-0.4, -0.2) is 62.3 Å². The number of ether oxygens (including phenoxy) is 1. The van der Waals surface area contributed by atoms with Gasteiger partial charge in [0.25, 0.3) is 0 Å². The Kier molecular flexibility index (Phi) is 7.62. The van der Waals surface area contributed by atoms with Gasteiger partial charge in [0.2, 0.25) is 0 Å². The lowest BCUT2D eigenvalue weighted by atomic mass is 9.57. The van der Waals surface area contributed by atoms with E-state index in [4.69, 9.17) is 20.1 Å². The van der Waals surface area contributed by atoms with Crippen LogP contribution in [0.3, 0.4) is 0 Å². The third-order valence-corrected chi connectivity index (χ3v) is 9.62. The standard InChI is InChI=1S/C33H43FN8O2/c1-21(35)25-19-42(29-24-18-37-41(5)28(24)38-27(39-29)22-6-8-23(34)9-7-22)17-10-26(25)36-20-32-11-14-33(15-12-32,16-13-32)40-30(43)44-31(2,3)4/h6-9,18,35-36H,10-17,19-20H2,1-5H3,(H,40,43). The number of amides is 1. The van der Waals surface area contributed by atoms with Crippen LogP contribution in [0.1, 0.15) is 72.6 Å². The van der Waals surface area contributed by atoms with Crippen molar-refractivity contribution in [3.63, 3.8) is 0 Å². The predicted octanol–water partition coefficient (Wildman–Crippen LogP) is 5.88. The number of alkyl carbamates (subject to hydrolysis) is 1. The number of carbonyl (C=O) groups is 1. The molecule has 10 nitrogen and oxygen atoms in total. The van der Waals surface area contributed by atoms with Crippen molar-refractivity contribution in [2.45, 2.75) is 83.8 Å². The topological polar surface area (TPSA) is 121 Å². The fraction of sp³-hybridized carbons (Fsp3) is 0.545. The minimum atomic E-state index is -0.506. The highest BCUT2D eigenvalue weighted by molar-refractivity contribution is 5.98. The molecule has 0 saturated heterocycles. The van der Waals surface area contributed by atoms with Crippen LogP contribution in [0.5, 0.6) is 0 Å².